The van der Waals surface area contributed by atoms with Crippen molar-refractivity contribution < 1.29 is 18.3 Å². The van der Waals surface area contributed by atoms with Gasteiger partial charge in [0.15, 0.2) is 0 Å². The average Bonchev–Trinajstić information content (AvgIpc) is 2.34. The zero-order valence-corrected chi connectivity index (χ0v) is 9.48. The van der Waals surface area contributed by atoms with Crippen LogP contribution in [0.15, 0.2) is 36.5 Å². The van der Waals surface area contributed by atoms with E-state index in [1.54, 1.807) is 30.5 Å². The highest BCUT2D eigenvalue weighted by atomic mass is 19.4. The summed E-state index contributed by atoms with van der Waals surface area (Å²) < 4.78 is 36.2. The molecule has 96 valence electrons. The first-order chi connectivity index (χ1) is 8.46. The summed E-state index contributed by atoms with van der Waals surface area (Å²) in [6.07, 6.45) is -5.01. The molecule has 0 amide bonds. The number of hydrogen-bond acceptors (Lipinski definition) is 2. The summed E-state index contributed by atoms with van der Waals surface area (Å²) in [7, 11) is 0. The summed E-state index contributed by atoms with van der Waals surface area (Å²) in [4.78, 5) is 4.11. The van der Waals surface area contributed by atoms with Gasteiger partial charge in [-0.1, -0.05) is 12.1 Å². The van der Waals surface area contributed by atoms with E-state index in [1.165, 1.54) is 0 Å². The van der Waals surface area contributed by atoms with Crippen LogP contribution < -0.4 is 0 Å². The molecule has 0 aliphatic carbocycles. The molecule has 2 aromatic rings. The van der Waals surface area contributed by atoms with Crippen LogP contribution in [0.1, 0.15) is 24.5 Å². The van der Waals surface area contributed by atoms with Gasteiger partial charge in [0.05, 0.1) is 11.6 Å². The average molecular weight is 255 g/mol. The lowest BCUT2D eigenvalue weighted by molar-refractivity contribution is -0.140. The third kappa shape index (κ3) is 3.20. The first-order valence-electron chi connectivity index (χ1n) is 5.55. The number of halogens is 3. The molecule has 5 heteroatoms. The highest BCUT2D eigenvalue weighted by Crippen LogP contribution is 2.28. The Bertz CT molecular complexity index is 539. The number of alkyl halides is 3. The van der Waals surface area contributed by atoms with Gasteiger partial charge in [-0.3, -0.25) is 4.98 Å². The Morgan fingerprint density at radius 3 is 2.72 bits per heavy atom. The lowest BCUT2D eigenvalue weighted by Gasteiger charge is -2.13. The largest absolute Gasteiger partial charge is 0.389 e. The normalized spacial score (nSPS) is 13.8. The van der Waals surface area contributed by atoms with Crippen molar-refractivity contribution in [2.24, 2.45) is 0 Å². The Morgan fingerprint density at radius 2 is 2.00 bits per heavy atom. The van der Waals surface area contributed by atoms with Gasteiger partial charge in [-0.2, -0.15) is 13.2 Å². The maximum absolute atomic E-state index is 12.1. The molecule has 2 nitrogen and oxygen atoms in total. The van der Waals surface area contributed by atoms with E-state index < -0.39 is 18.7 Å². The summed E-state index contributed by atoms with van der Waals surface area (Å²) in [5, 5.41) is 10.5. The first kappa shape index (κ1) is 12.8. The van der Waals surface area contributed by atoms with Crippen molar-refractivity contribution in [3.8, 4) is 0 Å². The number of aliphatic hydroxyl groups excluding tert-OH is 1. The first-order valence-corrected chi connectivity index (χ1v) is 5.55. The molecule has 1 aromatic carbocycles. The number of aliphatic hydroxyl groups is 1. The van der Waals surface area contributed by atoms with Gasteiger partial charge in [0.1, 0.15) is 0 Å². The van der Waals surface area contributed by atoms with Crippen LogP contribution in [0.3, 0.4) is 0 Å². The lowest BCUT2D eigenvalue weighted by Crippen LogP contribution is -2.10. The highest BCUT2D eigenvalue weighted by molar-refractivity contribution is 5.78. The van der Waals surface area contributed by atoms with Crippen LogP contribution in [-0.4, -0.2) is 16.3 Å². The summed E-state index contributed by atoms with van der Waals surface area (Å²) in [6, 6.07) is 8.53. The Labute approximate surface area is 102 Å². The maximum Gasteiger partial charge on any atom is 0.389 e. The van der Waals surface area contributed by atoms with Gasteiger partial charge in [-0.05, 0) is 30.2 Å². The van der Waals surface area contributed by atoms with Crippen LogP contribution in [0, 0.1) is 0 Å². The Balaban J connectivity index is 2.15. The van der Waals surface area contributed by atoms with Gasteiger partial charge >= 0.3 is 6.18 Å². The minimum Gasteiger partial charge on any atom is -0.388 e. The topological polar surface area (TPSA) is 33.1 Å². The van der Waals surface area contributed by atoms with E-state index >= 15 is 0 Å². The summed E-state index contributed by atoms with van der Waals surface area (Å²) in [5.74, 6) is 0. The fourth-order valence-corrected chi connectivity index (χ4v) is 1.77. The second-order valence-electron chi connectivity index (χ2n) is 4.13. The number of pyridine rings is 1. The van der Waals surface area contributed by atoms with Crippen LogP contribution in [0.2, 0.25) is 0 Å². The standard InChI is InChI=1S/C13H12F3NO/c14-13(15,16)6-5-12(18)10-3-4-11-9(8-10)2-1-7-17-11/h1-4,7-8,12,18H,5-6H2. The van der Waals surface area contributed by atoms with Crippen molar-refractivity contribution in [2.75, 3.05) is 0 Å². The summed E-state index contributed by atoms with van der Waals surface area (Å²) in [6.45, 7) is 0. The zero-order chi connectivity index (χ0) is 13.2. The van der Waals surface area contributed by atoms with Crippen LogP contribution in [0.5, 0.6) is 0 Å². The van der Waals surface area contributed by atoms with Gasteiger partial charge in [0.25, 0.3) is 0 Å². The Kier molecular flexibility index (Phi) is 3.52. The molecular formula is C13H12F3NO. The number of rotatable bonds is 3. The van der Waals surface area contributed by atoms with Crippen molar-refractivity contribution in [3.05, 3.63) is 42.1 Å². The van der Waals surface area contributed by atoms with Crippen molar-refractivity contribution in [1.29, 1.82) is 0 Å². The third-order valence-corrected chi connectivity index (χ3v) is 2.71. The van der Waals surface area contributed by atoms with Crippen molar-refractivity contribution in [3.63, 3.8) is 0 Å². The van der Waals surface area contributed by atoms with E-state index in [0.29, 0.717) is 5.56 Å². The molecule has 0 saturated heterocycles. The van der Waals surface area contributed by atoms with E-state index in [0.717, 1.165) is 10.9 Å². The number of aromatic nitrogens is 1. The van der Waals surface area contributed by atoms with E-state index in [2.05, 4.69) is 4.98 Å². The van der Waals surface area contributed by atoms with E-state index in [-0.39, 0.29) is 6.42 Å². The number of benzene rings is 1. The smallest absolute Gasteiger partial charge is 0.388 e. The molecule has 0 spiro atoms. The summed E-state index contributed by atoms with van der Waals surface area (Å²) >= 11 is 0. The molecule has 0 saturated carbocycles. The van der Waals surface area contributed by atoms with Crippen LogP contribution in [0.4, 0.5) is 13.2 Å². The molecule has 0 bridgehead atoms. The second-order valence-corrected chi connectivity index (χ2v) is 4.13. The molecule has 0 radical (unpaired) electrons. The molecule has 18 heavy (non-hydrogen) atoms. The molecule has 1 N–H and O–H groups in total. The molecule has 1 unspecified atom stereocenters. The minimum atomic E-state index is -4.24. The second kappa shape index (κ2) is 4.94. The van der Waals surface area contributed by atoms with E-state index in [1.807, 2.05) is 6.07 Å². The van der Waals surface area contributed by atoms with E-state index in [4.69, 9.17) is 0 Å². The van der Waals surface area contributed by atoms with Crippen molar-refractivity contribution in [2.45, 2.75) is 25.1 Å². The van der Waals surface area contributed by atoms with Gasteiger partial charge in [-0.25, -0.2) is 0 Å². The van der Waals surface area contributed by atoms with Gasteiger partial charge in [0, 0.05) is 18.0 Å². The summed E-state index contributed by atoms with van der Waals surface area (Å²) in [5.41, 5.74) is 1.24. The molecule has 1 atom stereocenters. The van der Waals surface area contributed by atoms with Crippen LogP contribution >= 0.6 is 0 Å². The lowest BCUT2D eigenvalue weighted by atomic mass is 10.0. The quantitative estimate of drug-likeness (QED) is 0.908. The number of hydrogen-bond donors (Lipinski definition) is 1. The Hall–Kier alpha value is -1.62. The fourth-order valence-electron chi connectivity index (χ4n) is 1.77. The third-order valence-electron chi connectivity index (χ3n) is 2.71. The van der Waals surface area contributed by atoms with Gasteiger partial charge in [-0.15, -0.1) is 0 Å². The monoisotopic (exact) mass is 255 g/mol. The van der Waals surface area contributed by atoms with E-state index in [9.17, 15) is 18.3 Å². The molecular weight excluding hydrogens is 243 g/mol. The molecule has 2 rings (SSSR count). The SMILES string of the molecule is OC(CCC(F)(F)F)c1ccc2ncccc2c1. The molecule has 1 heterocycles. The van der Waals surface area contributed by atoms with Gasteiger partial charge < -0.3 is 5.11 Å². The molecule has 0 fully saturated rings. The Morgan fingerprint density at radius 1 is 1.22 bits per heavy atom. The molecule has 0 aliphatic heterocycles. The van der Waals surface area contributed by atoms with Gasteiger partial charge in [0.2, 0.25) is 0 Å². The fraction of sp³-hybridized carbons (Fsp3) is 0.308. The predicted molar refractivity (Wildman–Crippen MR) is 62.0 cm³/mol. The number of nitrogens with zero attached hydrogens (tertiary/aromatic N) is 1. The number of fused-ring (bicyclic) bond motifs is 1. The van der Waals surface area contributed by atoms with Crippen molar-refractivity contribution in [1.82, 2.24) is 4.98 Å². The molecule has 1 aromatic heterocycles. The maximum atomic E-state index is 12.1. The zero-order valence-electron chi connectivity index (χ0n) is 9.48. The minimum absolute atomic E-state index is 0.324. The predicted octanol–water partition coefficient (Wildman–Crippen LogP) is 3.61. The molecule has 0 aliphatic rings. The van der Waals surface area contributed by atoms with Crippen LogP contribution in [-0.2, 0) is 0 Å². The van der Waals surface area contributed by atoms with Crippen molar-refractivity contribution >= 4 is 10.9 Å². The highest BCUT2D eigenvalue weighted by Gasteiger charge is 2.28. The van der Waals surface area contributed by atoms with Crippen LogP contribution in [0.25, 0.3) is 10.9 Å².